The largest absolute Gasteiger partial charge is 0.347 e. The Morgan fingerprint density at radius 3 is 2.80 bits per heavy atom. The van der Waals surface area contributed by atoms with Gasteiger partial charge in [0.15, 0.2) is 0 Å². The van der Waals surface area contributed by atoms with Crippen molar-refractivity contribution in [2.75, 3.05) is 6.54 Å². The Morgan fingerprint density at radius 2 is 2.00 bits per heavy atom. The highest BCUT2D eigenvalue weighted by molar-refractivity contribution is 5.86. The molecule has 1 aliphatic heterocycles. The van der Waals surface area contributed by atoms with E-state index in [0.29, 0.717) is 19.6 Å². The van der Waals surface area contributed by atoms with Crippen LogP contribution in [0.4, 0.5) is 9.18 Å². The van der Waals surface area contributed by atoms with Crippen LogP contribution >= 0.6 is 0 Å². The van der Waals surface area contributed by atoms with Gasteiger partial charge in [-0.05, 0) is 23.8 Å². The molecule has 0 aliphatic carbocycles. The molecule has 2 heterocycles. The molecule has 0 bridgehead atoms. The topological polar surface area (TPSA) is 37.3 Å². The van der Waals surface area contributed by atoms with Gasteiger partial charge in [-0.25, -0.2) is 9.18 Å². The van der Waals surface area contributed by atoms with E-state index in [2.05, 4.69) is 9.88 Å². The minimum Gasteiger partial charge on any atom is -0.347 e. The molecule has 1 aliphatic rings. The van der Waals surface area contributed by atoms with Crippen molar-refractivity contribution in [2.45, 2.75) is 19.5 Å². The third-order valence-corrected chi connectivity index (χ3v) is 4.94. The van der Waals surface area contributed by atoms with Crippen LogP contribution in [-0.2, 0) is 26.6 Å². The van der Waals surface area contributed by atoms with Crippen molar-refractivity contribution in [3.05, 3.63) is 71.2 Å². The number of carbonyl (C=O) groups excluding carboxylic acids is 1. The van der Waals surface area contributed by atoms with Gasteiger partial charge in [0.2, 0.25) is 0 Å². The minimum atomic E-state index is -0.244. The van der Waals surface area contributed by atoms with E-state index in [0.717, 1.165) is 28.5 Å². The molecule has 4 nitrogen and oxygen atoms in total. The van der Waals surface area contributed by atoms with E-state index in [1.165, 1.54) is 11.8 Å². The molecule has 0 spiro atoms. The van der Waals surface area contributed by atoms with Gasteiger partial charge >= 0.3 is 6.03 Å². The molecule has 2 aromatic carbocycles. The van der Waals surface area contributed by atoms with E-state index in [9.17, 15) is 9.18 Å². The number of hydrogen-bond donors (Lipinski definition) is 1. The monoisotopic (exact) mass is 337 g/mol. The zero-order valence-electron chi connectivity index (χ0n) is 14.1. The third-order valence-electron chi connectivity index (χ3n) is 4.94. The van der Waals surface area contributed by atoms with Crippen molar-refractivity contribution < 1.29 is 9.18 Å². The quantitative estimate of drug-likeness (QED) is 0.762. The van der Waals surface area contributed by atoms with E-state index in [4.69, 9.17) is 0 Å². The maximum absolute atomic E-state index is 13.7. The third kappa shape index (κ3) is 2.86. The van der Waals surface area contributed by atoms with E-state index in [1.807, 2.05) is 43.4 Å². The van der Waals surface area contributed by atoms with Crippen LogP contribution in [-0.4, -0.2) is 22.0 Å². The second-order valence-electron chi connectivity index (χ2n) is 6.46. The zero-order chi connectivity index (χ0) is 17.4. The molecule has 0 atom stereocenters. The molecule has 2 amide bonds. The van der Waals surface area contributed by atoms with E-state index >= 15 is 0 Å². The Bertz CT molecular complexity index is 933. The summed E-state index contributed by atoms with van der Waals surface area (Å²) < 4.78 is 15.8. The number of nitrogens with zero attached hydrogens (tertiary/aromatic N) is 2. The molecular formula is C20H20FN3O. The number of nitrogens with one attached hydrogen (secondary N) is 1. The lowest BCUT2D eigenvalue weighted by molar-refractivity contribution is 0.191. The van der Waals surface area contributed by atoms with Crippen LogP contribution in [0.5, 0.6) is 0 Å². The molecule has 5 heteroatoms. The molecule has 0 unspecified atom stereocenters. The Kier molecular flexibility index (Phi) is 3.92. The lowest BCUT2D eigenvalue weighted by Crippen LogP contribution is -2.42. The first-order chi connectivity index (χ1) is 12.1. The Morgan fingerprint density at radius 1 is 1.20 bits per heavy atom. The van der Waals surface area contributed by atoms with Crippen molar-refractivity contribution in [3.8, 4) is 0 Å². The first-order valence-corrected chi connectivity index (χ1v) is 8.46. The molecule has 1 N–H and O–H groups in total. The number of urea groups is 1. The summed E-state index contributed by atoms with van der Waals surface area (Å²) in [6.07, 6.45) is 0.779. The van der Waals surface area contributed by atoms with Gasteiger partial charge in [-0.15, -0.1) is 0 Å². The number of benzene rings is 2. The average molecular weight is 337 g/mol. The normalized spacial score (nSPS) is 13.8. The van der Waals surface area contributed by atoms with Crippen LogP contribution in [0.15, 0.2) is 48.5 Å². The Hall–Kier alpha value is -2.82. The van der Waals surface area contributed by atoms with Crippen LogP contribution in [0.25, 0.3) is 10.9 Å². The molecule has 3 aromatic rings. The first-order valence-electron chi connectivity index (χ1n) is 8.46. The number of fused-ring (bicyclic) bond motifs is 3. The molecule has 4 rings (SSSR count). The van der Waals surface area contributed by atoms with E-state index in [-0.39, 0.29) is 11.8 Å². The highest BCUT2D eigenvalue weighted by Gasteiger charge is 2.25. The average Bonchev–Trinajstić information content (AvgIpc) is 2.92. The zero-order valence-corrected chi connectivity index (χ0v) is 14.1. The fourth-order valence-corrected chi connectivity index (χ4v) is 3.61. The summed E-state index contributed by atoms with van der Waals surface area (Å²) in [5.41, 5.74) is 4.32. The Balaban J connectivity index is 1.54. The summed E-state index contributed by atoms with van der Waals surface area (Å²) >= 11 is 0. The van der Waals surface area contributed by atoms with E-state index < -0.39 is 0 Å². The van der Waals surface area contributed by atoms with Crippen molar-refractivity contribution in [1.29, 1.82) is 0 Å². The van der Waals surface area contributed by atoms with Gasteiger partial charge in [-0.2, -0.15) is 0 Å². The van der Waals surface area contributed by atoms with Crippen molar-refractivity contribution >= 4 is 16.9 Å². The highest BCUT2D eigenvalue weighted by Crippen LogP contribution is 2.30. The molecule has 128 valence electrons. The summed E-state index contributed by atoms with van der Waals surface area (Å²) in [7, 11) is 2.00. The summed E-state index contributed by atoms with van der Waals surface area (Å²) in [5, 5.41) is 3.87. The van der Waals surface area contributed by atoms with Gasteiger partial charge in [0.05, 0.1) is 0 Å². The number of amides is 2. The van der Waals surface area contributed by atoms with Crippen LogP contribution in [0.3, 0.4) is 0 Å². The number of halogens is 1. The number of aryl methyl sites for hydroxylation is 1. The molecule has 1 aromatic heterocycles. The van der Waals surface area contributed by atoms with Gasteiger partial charge < -0.3 is 14.8 Å². The molecule has 0 saturated carbocycles. The predicted molar refractivity (Wildman–Crippen MR) is 95.7 cm³/mol. The first kappa shape index (κ1) is 15.7. The van der Waals surface area contributed by atoms with Crippen LogP contribution in [0, 0.1) is 5.82 Å². The van der Waals surface area contributed by atoms with Gasteiger partial charge in [-0.3, -0.25) is 0 Å². The fourth-order valence-electron chi connectivity index (χ4n) is 3.61. The maximum atomic E-state index is 13.7. The van der Waals surface area contributed by atoms with Crippen molar-refractivity contribution in [1.82, 2.24) is 14.8 Å². The number of hydrogen-bond acceptors (Lipinski definition) is 1. The Labute approximate surface area is 145 Å². The van der Waals surface area contributed by atoms with Gasteiger partial charge in [0, 0.05) is 55.3 Å². The summed E-state index contributed by atoms with van der Waals surface area (Å²) in [6, 6.07) is 14.6. The summed E-state index contributed by atoms with van der Waals surface area (Å²) in [4.78, 5) is 14.3. The van der Waals surface area contributed by atoms with Crippen LogP contribution in [0.1, 0.15) is 16.8 Å². The standard InChI is InChI=1S/C20H20FN3O/c1-23-18-8-7-15(21)11-16(18)17-13-24(10-9-19(17)23)20(25)22-12-14-5-3-2-4-6-14/h2-8,11H,9-10,12-13H2,1H3,(H,22,25). The molecular weight excluding hydrogens is 317 g/mol. The van der Waals surface area contributed by atoms with Gasteiger partial charge in [0.25, 0.3) is 0 Å². The lowest BCUT2D eigenvalue weighted by atomic mass is 10.0. The second kappa shape index (κ2) is 6.24. The molecule has 0 fully saturated rings. The highest BCUT2D eigenvalue weighted by atomic mass is 19.1. The van der Waals surface area contributed by atoms with Crippen LogP contribution in [0.2, 0.25) is 0 Å². The predicted octanol–water partition coefficient (Wildman–Crippen LogP) is 3.59. The number of aromatic nitrogens is 1. The van der Waals surface area contributed by atoms with Crippen LogP contribution < -0.4 is 5.32 Å². The summed E-state index contributed by atoms with van der Waals surface area (Å²) in [6.45, 7) is 1.68. The van der Waals surface area contributed by atoms with Crippen molar-refractivity contribution in [2.24, 2.45) is 7.05 Å². The molecule has 0 saturated heterocycles. The maximum Gasteiger partial charge on any atom is 0.317 e. The molecule has 0 radical (unpaired) electrons. The smallest absolute Gasteiger partial charge is 0.317 e. The minimum absolute atomic E-state index is 0.0806. The SMILES string of the molecule is Cn1c2c(c3cc(F)ccc31)CN(C(=O)NCc1ccccc1)CC2. The lowest BCUT2D eigenvalue weighted by Gasteiger charge is -2.28. The van der Waals surface area contributed by atoms with E-state index in [1.54, 1.807) is 11.0 Å². The number of rotatable bonds is 2. The summed E-state index contributed by atoms with van der Waals surface area (Å²) in [5.74, 6) is -0.244. The second-order valence-corrected chi connectivity index (χ2v) is 6.46. The molecule has 25 heavy (non-hydrogen) atoms. The van der Waals surface area contributed by atoms with Gasteiger partial charge in [0.1, 0.15) is 5.82 Å². The fraction of sp³-hybridized carbons (Fsp3) is 0.250. The van der Waals surface area contributed by atoms with Gasteiger partial charge in [-0.1, -0.05) is 30.3 Å². The van der Waals surface area contributed by atoms with Crippen molar-refractivity contribution in [3.63, 3.8) is 0 Å². The number of carbonyl (C=O) groups is 1.